The van der Waals surface area contributed by atoms with Crippen molar-refractivity contribution in [3.8, 4) is 11.5 Å². The Morgan fingerprint density at radius 3 is 1.96 bits per heavy atom. The van der Waals surface area contributed by atoms with Gasteiger partial charge in [0.25, 0.3) is 11.8 Å². The minimum atomic E-state index is -0.463. The number of methoxy groups -OCH3 is 1. The molecule has 2 aromatic carbocycles. The molecule has 0 heterocycles. The van der Waals surface area contributed by atoms with Crippen LogP contribution in [-0.4, -0.2) is 25.5 Å². The number of amides is 2. The Morgan fingerprint density at radius 2 is 1.40 bits per heavy atom. The van der Waals surface area contributed by atoms with Crippen molar-refractivity contribution in [2.45, 2.75) is 19.8 Å². The number of carbonyl (C=O) groups is 2. The van der Waals surface area contributed by atoms with E-state index in [1.807, 2.05) is 0 Å². The van der Waals surface area contributed by atoms with Gasteiger partial charge in [-0.3, -0.25) is 20.4 Å². The molecule has 0 atom stereocenters. The highest BCUT2D eigenvalue weighted by Gasteiger charge is 2.15. The van der Waals surface area contributed by atoms with Gasteiger partial charge in [0.05, 0.1) is 24.8 Å². The number of hydrogen-bond acceptors (Lipinski definition) is 4. The van der Waals surface area contributed by atoms with Crippen LogP contribution in [0.1, 0.15) is 40.5 Å². The predicted molar refractivity (Wildman–Crippen MR) is 94.8 cm³/mol. The summed E-state index contributed by atoms with van der Waals surface area (Å²) in [5.41, 5.74) is 5.49. The first kappa shape index (κ1) is 18.3. The Morgan fingerprint density at radius 1 is 0.880 bits per heavy atom. The van der Waals surface area contributed by atoms with Crippen LogP contribution in [0.5, 0.6) is 11.5 Å². The predicted octanol–water partition coefficient (Wildman–Crippen LogP) is 2.95. The van der Waals surface area contributed by atoms with Crippen molar-refractivity contribution in [2.75, 3.05) is 13.7 Å². The number of nitrogens with one attached hydrogen (secondary N) is 2. The molecule has 0 saturated carbocycles. The molecule has 132 valence electrons. The van der Waals surface area contributed by atoms with E-state index >= 15 is 0 Å². The zero-order valence-corrected chi connectivity index (χ0v) is 14.4. The van der Waals surface area contributed by atoms with E-state index in [1.54, 1.807) is 48.5 Å². The molecule has 0 radical (unpaired) electrons. The van der Waals surface area contributed by atoms with Gasteiger partial charge in [-0.05, 0) is 30.7 Å². The van der Waals surface area contributed by atoms with Crippen LogP contribution in [0.2, 0.25) is 0 Å². The number of ether oxygens (including phenoxy) is 2. The first-order chi connectivity index (χ1) is 12.2. The van der Waals surface area contributed by atoms with Crippen molar-refractivity contribution in [3.63, 3.8) is 0 Å². The minimum absolute atomic E-state index is 0.331. The smallest absolute Gasteiger partial charge is 0.273 e. The van der Waals surface area contributed by atoms with E-state index in [9.17, 15) is 9.59 Å². The number of rotatable bonds is 7. The zero-order chi connectivity index (χ0) is 18.1. The van der Waals surface area contributed by atoms with Crippen LogP contribution < -0.4 is 20.3 Å². The third-order valence-electron chi connectivity index (χ3n) is 3.53. The van der Waals surface area contributed by atoms with Crippen LogP contribution >= 0.6 is 0 Å². The van der Waals surface area contributed by atoms with Gasteiger partial charge in [0.1, 0.15) is 11.5 Å². The van der Waals surface area contributed by atoms with Crippen LogP contribution in [0, 0.1) is 0 Å². The van der Waals surface area contributed by atoms with Crippen molar-refractivity contribution in [2.24, 2.45) is 0 Å². The van der Waals surface area contributed by atoms with Gasteiger partial charge in [0, 0.05) is 0 Å². The third kappa shape index (κ3) is 4.97. The summed E-state index contributed by atoms with van der Waals surface area (Å²) in [5.74, 6) is 0.00284. The van der Waals surface area contributed by atoms with E-state index in [0.29, 0.717) is 29.2 Å². The van der Waals surface area contributed by atoms with E-state index in [2.05, 4.69) is 17.8 Å². The van der Waals surface area contributed by atoms with Crippen LogP contribution in [-0.2, 0) is 0 Å². The molecule has 2 amide bonds. The van der Waals surface area contributed by atoms with E-state index in [4.69, 9.17) is 9.47 Å². The third-order valence-corrected chi connectivity index (χ3v) is 3.53. The van der Waals surface area contributed by atoms with Gasteiger partial charge in [-0.15, -0.1) is 0 Å². The van der Waals surface area contributed by atoms with Crippen molar-refractivity contribution in [3.05, 3.63) is 59.7 Å². The lowest BCUT2D eigenvalue weighted by molar-refractivity contribution is 0.0842. The Balaban J connectivity index is 2.01. The molecule has 0 unspecified atom stereocenters. The summed E-state index contributed by atoms with van der Waals surface area (Å²) in [5, 5.41) is 0. The van der Waals surface area contributed by atoms with E-state index in [0.717, 1.165) is 12.8 Å². The molecule has 2 N–H and O–H groups in total. The summed E-state index contributed by atoms with van der Waals surface area (Å²) in [4.78, 5) is 24.6. The maximum atomic E-state index is 12.4. The molecule has 6 nitrogen and oxygen atoms in total. The molecule has 0 aromatic heterocycles. The molecule has 2 aromatic rings. The monoisotopic (exact) mass is 342 g/mol. The minimum Gasteiger partial charge on any atom is -0.496 e. The lowest BCUT2D eigenvalue weighted by Gasteiger charge is -2.13. The Labute approximate surface area is 147 Å². The van der Waals surface area contributed by atoms with E-state index in [1.165, 1.54) is 7.11 Å². The highest BCUT2D eigenvalue weighted by molar-refractivity contribution is 6.01. The maximum absolute atomic E-state index is 12.4. The van der Waals surface area contributed by atoms with Crippen LogP contribution in [0.25, 0.3) is 0 Å². The first-order valence-corrected chi connectivity index (χ1v) is 8.13. The molecule has 0 bridgehead atoms. The number of carbonyl (C=O) groups excluding carboxylic acids is 2. The fourth-order valence-corrected chi connectivity index (χ4v) is 2.19. The average molecular weight is 342 g/mol. The quantitative estimate of drug-likeness (QED) is 0.599. The summed E-state index contributed by atoms with van der Waals surface area (Å²) < 4.78 is 10.8. The topological polar surface area (TPSA) is 76.7 Å². The second-order valence-electron chi connectivity index (χ2n) is 5.31. The van der Waals surface area contributed by atoms with Crippen molar-refractivity contribution in [1.29, 1.82) is 0 Å². The van der Waals surface area contributed by atoms with Crippen molar-refractivity contribution < 1.29 is 19.1 Å². The Hall–Kier alpha value is -3.02. The van der Waals surface area contributed by atoms with Crippen molar-refractivity contribution in [1.82, 2.24) is 10.9 Å². The van der Waals surface area contributed by atoms with Crippen LogP contribution in [0.3, 0.4) is 0 Å². The summed E-state index contributed by atoms with van der Waals surface area (Å²) in [6.07, 6.45) is 1.91. The molecule has 0 aliphatic rings. The number of para-hydroxylation sites is 2. The lowest BCUT2D eigenvalue weighted by Crippen LogP contribution is -2.41. The lowest BCUT2D eigenvalue weighted by atomic mass is 10.2. The fraction of sp³-hybridized carbons (Fsp3) is 0.263. The molecule has 6 heteroatoms. The van der Waals surface area contributed by atoms with Gasteiger partial charge in [-0.1, -0.05) is 37.6 Å². The summed E-state index contributed by atoms with van der Waals surface area (Å²) in [7, 11) is 1.48. The molecule has 2 rings (SSSR count). The fourth-order valence-electron chi connectivity index (χ4n) is 2.19. The van der Waals surface area contributed by atoms with E-state index in [-0.39, 0.29) is 0 Å². The SMILES string of the molecule is CCCCOc1ccccc1C(=O)NNC(=O)c1ccccc1OC. The molecule has 0 fully saturated rings. The van der Waals surface area contributed by atoms with E-state index < -0.39 is 11.8 Å². The molecule has 25 heavy (non-hydrogen) atoms. The maximum Gasteiger partial charge on any atom is 0.273 e. The summed E-state index contributed by atoms with van der Waals surface area (Å²) in [6.45, 7) is 2.60. The van der Waals surface area contributed by atoms with Gasteiger partial charge < -0.3 is 9.47 Å². The number of benzene rings is 2. The highest BCUT2D eigenvalue weighted by Crippen LogP contribution is 2.19. The molecular weight excluding hydrogens is 320 g/mol. The number of hydrogen-bond donors (Lipinski definition) is 2. The second kappa shape index (κ2) is 9.32. The highest BCUT2D eigenvalue weighted by atomic mass is 16.5. The standard InChI is InChI=1S/C19H22N2O4/c1-3-4-13-25-17-12-8-6-10-15(17)19(23)21-20-18(22)14-9-5-7-11-16(14)24-2/h5-12H,3-4,13H2,1-2H3,(H,20,22)(H,21,23). The number of unbranched alkanes of at least 4 members (excludes halogenated alkanes) is 1. The summed E-state index contributed by atoms with van der Waals surface area (Å²) >= 11 is 0. The van der Waals surface area contributed by atoms with Gasteiger partial charge in [0.15, 0.2) is 0 Å². The van der Waals surface area contributed by atoms with Gasteiger partial charge >= 0.3 is 0 Å². The Bertz CT molecular complexity index is 731. The molecule has 0 saturated heterocycles. The zero-order valence-electron chi connectivity index (χ0n) is 14.4. The Kier molecular flexibility index (Phi) is 6.83. The van der Waals surface area contributed by atoms with Crippen LogP contribution in [0.15, 0.2) is 48.5 Å². The largest absolute Gasteiger partial charge is 0.496 e. The second-order valence-corrected chi connectivity index (χ2v) is 5.31. The molecular formula is C19H22N2O4. The summed E-state index contributed by atoms with van der Waals surface area (Å²) in [6, 6.07) is 13.7. The average Bonchev–Trinajstić information content (AvgIpc) is 2.66. The van der Waals surface area contributed by atoms with Crippen LogP contribution in [0.4, 0.5) is 0 Å². The van der Waals surface area contributed by atoms with Gasteiger partial charge in [-0.2, -0.15) is 0 Å². The van der Waals surface area contributed by atoms with Crippen molar-refractivity contribution >= 4 is 11.8 Å². The normalized spacial score (nSPS) is 10.0. The van der Waals surface area contributed by atoms with Gasteiger partial charge in [-0.25, -0.2) is 0 Å². The first-order valence-electron chi connectivity index (χ1n) is 8.13. The molecule has 0 aliphatic heterocycles. The molecule has 0 spiro atoms. The van der Waals surface area contributed by atoms with Gasteiger partial charge in [0.2, 0.25) is 0 Å². The molecule has 0 aliphatic carbocycles. The number of hydrazine groups is 1.